The number of fused-ring (bicyclic) bond motifs is 2. The van der Waals surface area contributed by atoms with E-state index in [4.69, 9.17) is 0 Å². The van der Waals surface area contributed by atoms with Gasteiger partial charge in [0.2, 0.25) is 0 Å². The molecule has 0 heterocycles. The van der Waals surface area contributed by atoms with Crippen LogP contribution in [0.15, 0.2) is 0 Å². The maximum absolute atomic E-state index is 10.9. The highest BCUT2D eigenvalue weighted by atomic mass is 16.1. The Kier molecular flexibility index (Phi) is 1.39. The van der Waals surface area contributed by atoms with Gasteiger partial charge in [-0.3, -0.25) is 0 Å². The summed E-state index contributed by atoms with van der Waals surface area (Å²) in [5, 5.41) is 0. The van der Waals surface area contributed by atoms with Gasteiger partial charge in [0.25, 0.3) is 0 Å². The first-order valence-electron chi connectivity index (χ1n) is 4.62. The van der Waals surface area contributed by atoms with E-state index in [1.54, 1.807) is 0 Å². The molecule has 2 rings (SSSR count). The molecular formula is C10H16O. The second kappa shape index (κ2) is 2.09. The zero-order valence-corrected chi connectivity index (χ0v) is 7.34. The Morgan fingerprint density at radius 2 is 2.18 bits per heavy atom. The van der Waals surface area contributed by atoms with Crippen LogP contribution in [0.25, 0.3) is 0 Å². The molecule has 0 spiro atoms. The summed E-state index contributed by atoms with van der Waals surface area (Å²) < 4.78 is 0. The highest BCUT2D eigenvalue weighted by Crippen LogP contribution is 2.57. The quantitative estimate of drug-likeness (QED) is 0.527. The van der Waals surface area contributed by atoms with Crippen LogP contribution in [0.3, 0.4) is 0 Å². The molecule has 4 atom stereocenters. The number of carbonyl (C=O) groups excluding carboxylic acids is 1. The van der Waals surface area contributed by atoms with Crippen LogP contribution in [0.2, 0.25) is 0 Å². The zero-order valence-electron chi connectivity index (χ0n) is 7.34. The van der Waals surface area contributed by atoms with E-state index in [9.17, 15) is 4.79 Å². The number of hydrogen-bond acceptors (Lipinski definition) is 1. The standard InChI is InChI=1S/C10H16O/c1-7-3-8-4-9(7)10(2,5-8)6-11/h6-9H,3-5H2,1-2H3. The second-order valence-electron chi connectivity index (χ2n) is 4.75. The zero-order chi connectivity index (χ0) is 8.06. The van der Waals surface area contributed by atoms with Crippen LogP contribution in [0, 0.1) is 23.2 Å². The van der Waals surface area contributed by atoms with E-state index >= 15 is 0 Å². The largest absolute Gasteiger partial charge is 0.303 e. The third-order valence-corrected chi connectivity index (χ3v) is 3.82. The number of rotatable bonds is 1. The van der Waals surface area contributed by atoms with E-state index in [-0.39, 0.29) is 5.41 Å². The number of aldehydes is 1. The van der Waals surface area contributed by atoms with Gasteiger partial charge in [0.15, 0.2) is 0 Å². The summed E-state index contributed by atoms with van der Waals surface area (Å²) in [6.07, 6.45) is 5.04. The van der Waals surface area contributed by atoms with E-state index < -0.39 is 0 Å². The smallest absolute Gasteiger partial charge is 0.126 e. The highest BCUT2D eigenvalue weighted by molar-refractivity contribution is 5.60. The van der Waals surface area contributed by atoms with Crippen LogP contribution in [0.5, 0.6) is 0 Å². The van der Waals surface area contributed by atoms with Crippen molar-refractivity contribution in [3.05, 3.63) is 0 Å². The number of hydrogen-bond donors (Lipinski definition) is 0. The fourth-order valence-electron chi connectivity index (χ4n) is 3.37. The Balaban J connectivity index is 2.24. The molecule has 11 heavy (non-hydrogen) atoms. The molecule has 0 aromatic heterocycles. The Bertz CT molecular complexity index is 187. The highest BCUT2D eigenvalue weighted by Gasteiger charge is 2.51. The van der Waals surface area contributed by atoms with Crippen molar-refractivity contribution in [2.75, 3.05) is 0 Å². The summed E-state index contributed by atoms with van der Waals surface area (Å²) in [5.74, 6) is 2.36. The molecule has 62 valence electrons. The van der Waals surface area contributed by atoms with Crippen molar-refractivity contribution in [2.45, 2.75) is 33.1 Å². The van der Waals surface area contributed by atoms with Crippen molar-refractivity contribution in [2.24, 2.45) is 23.2 Å². The van der Waals surface area contributed by atoms with E-state index in [1.807, 2.05) is 0 Å². The SMILES string of the molecule is CC1CC2CC1C(C)(C=O)C2. The summed E-state index contributed by atoms with van der Waals surface area (Å²) in [7, 11) is 0. The molecule has 4 unspecified atom stereocenters. The van der Waals surface area contributed by atoms with Gasteiger partial charge >= 0.3 is 0 Å². The van der Waals surface area contributed by atoms with Gasteiger partial charge < -0.3 is 4.79 Å². The summed E-state index contributed by atoms with van der Waals surface area (Å²) in [4.78, 5) is 10.9. The van der Waals surface area contributed by atoms with E-state index in [0.717, 1.165) is 18.3 Å². The summed E-state index contributed by atoms with van der Waals surface area (Å²) in [6.45, 7) is 4.44. The molecule has 0 aliphatic heterocycles. The molecule has 0 N–H and O–H groups in total. The summed E-state index contributed by atoms with van der Waals surface area (Å²) >= 11 is 0. The summed E-state index contributed by atoms with van der Waals surface area (Å²) in [5.41, 5.74) is 0.0440. The van der Waals surface area contributed by atoms with Gasteiger partial charge in [0.05, 0.1) is 0 Å². The third kappa shape index (κ3) is 0.863. The summed E-state index contributed by atoms with van der Waals surface area (Å²) in [6, 6.07) is 0. The lowest BCUT2D eigenvalue weighted by atomic mass is 9.71. The minimum absolute atomic E-state index is 0.0440. The molecule has 2 bridgehead atoms. The van der Waals surface area contributed by atoms with Gasteiger partial charge in [-0.05, 0) is 37.0 Å². The minimum Gasteiger partial charge on any atom is -0.303 e. The molecule has 0 aromatic rings. The van der Waals surface area contributed by atoms with Crippen LogP contribution in [-0.4, -0.2) is 6.29 Å². The molecule has 0 aromatic carbocycles. The fourth-order valence-corrected chi connectivity index (χ4v) is 3.37. The molecule has 2 aliphatic carbocycles. The molecule has 1 nitrogen and oxygen atoms in total. The Morgan fingerprint density at radius 3 is 2.55 bits per heavy atom. The Labute approximate surface area is 68.2 Å². The molecular weight excluding hydrogens is 136 g/mol. The lowest BCUT2D eigenvalue weighted by Gasteiger charge is -2.32. The van der Waals surface area contributed by atoms with Gasteiger partial charge in [-0.1, -0.05) is 13.8 Å². The molecule has 2 saturated carbocycles. The van der Waals surface area contributed by atoms with E-state index in [0.29, 0.717) is 5.92 Å². The maximum Gasteiger partial charge on any atom is 0.126 e. The van der Waals surface area contributed by atoms with Gasteiger partial charge in [0.1, 0.15) is 6.29 Å². The van der Waals surface area contributed by atoms with Gasteiger partial charge in [0, 0.05) is 5.41 Å². The van der Waals surface area contributed by atoms with Crippen LogP contribution in [-0.2, 0) is 4.79 Å². The third-order valence-electron chi connectivity index (χ3n) is 3.82. The molecule has 1 heteroatoms. The van der Waals surface area contributed by atoms with E-state index in [1.165, 1.54) is 19.1 Å². The molecule has 2 fully saturated rings. The van der Waals surface area contributed by atoms with Crippen LogP contribution >= 0.6 is 0 Å². The van der Waals surface area contributed by atoms with Crippen LogP contribution in [0.4, 0.5) is 0 Å². The normalized spacial score (nSPS) is 54.9. The first-order chi connectivity index (χ1) is 5.15. The average Bonchev–Trinajstić information content (AvgIpc) is 2.44. The fraction of sp³-hybridized carbons (Fsp3) is 0.900. The van der Waals surface area contributed by atoms with Gasteiger partial charge in [-0.2, -0.15) is 0 Å². The lowest BCUT2D eigenvalue weighted by molar-refractivity contribution is -0.118. The minimum atomic E-state index is 0.0440. The first-order valence-corrected chi connectivity index (χ1v) is 4.62. The predicted octanol–water partition coefficient (Wildman–Crippen LogP) is 2.26. The van der Waals surface area contributed by atoms with Crippen molar-refractivity contribution in [1.82, 2.24) is 0 Å². The average molecular weight is 152 g/mol. The Hall–Kier alpha value is -0.330. The Morgan fingerprint density at radius 1 is 1.45 bits per heavy atom. The second-order valence-corrected chi connectivity index (χ2v) is 4.75. The van der Waals surface area contributed by atoms with Crippen molar-refractivity contribution >= 4 is 6.29 Å². The monoisotopic (exact) mass is 152 g/mol. The molecule has 0 radical (unpaired) electrons. The van der Waals surface area contributed by atoms with Crippen LogP contribution in [0.1, 0.15) is 33.1 Å². The van der Waals surface area contributed by atoms with Crippen molar-refractivity contribution in [3.63, 3.8) is 0 Å². The number of carbonyl (C=O) groups is 1. The van der Waals surface area contributed by atoms with Crippen molar-refractivity contribution < 1.29 is 4.79 Å². The molecule has 0 saturated heterocycles. The first kappa shape index (κ1) is 7.33. The van der Waals surface area contributed by atoms with Gasteiger partial charge in [-0.15, -0.1) is 0 Å². The van der Waals surface area contributed by atoms with Crippen LogP contribution < -0.4 is 0 Å². The lowest BCUT2D eigenvalue weighted by Crippen LogP contribution is -2.30. The van der Waals surface area contributed by atoms with Crippen molar-refractivity contribution in [1.29, 1.82) is 0 Å². The van der Waals surface area contributed by atoms with Crippen molar-refractivity contribution in [3.8, 4) is 0 Å². The predicted molar refractivity (Wildman–Crippen MR) is 44.2 cm³/mol. The molecule has 2 aliphatic rings. The van der Waals surface area contributed by atoms with E-state index in [2.05, 4.69) is 13.8 Å². The maximum atomic E-state index is 10.9. The topological polar surface area (TPSA) is 17.1 Å². The molecule has 0 amide bonds. The van der Waals surface area contributed by atoms with Gasteiger partial charge in [-0.25, -0.2) is 0 Å².